The highest BCUT2D eigenvalue weighted by Crippen LogP contribution is 2.31. The lowest BCUT2D eigenvalue weighted by molar-refractivity contribution is -0.127. The van der Waals surface area contributed by atoms with Crippen LogP contribution in [0, 0.1) is 6.92 Å². The maximum absolute atomic E-state index is 12.2. The maximum Gasteiger partial charge on any atom is 0.237 e. The van der Waals surface area contributed by atoms with Crippen molar-refractivity contribution >= 4 is 5.91 Å². The molecule has 0 aromatic heterocycles. The number of aryl methyl sites for hydroxylation is 1. The van der Waals surface area contributed by atoms with Crippen LogP contribution in [-0.4, -0.2) is 68.2 Å². The highest BCUT2D eigenvalue weighted by molar-refractivity contribution is 5.81. The van der Waals surface area contributed by atoms with E-state index in [0.717, 1.165) is 44.2 Å². The van der Waals surface area contributed by atoms with Gasteiger partial charge >= 0.3 is 0 Å². The van der Waals surface area contributed by atoms with E-state index in [2.05, 4.69) is 28.1 Å². The number of amides is 1. The van der Waals surface area contributed by atoms with E-state index in [0.29, 0.717) is 0 Å². The van der Waals surface area contributed by atoms with Crippen LogP contribution in [0.4, 0.5) is 0 Å². The topological polar surface area (TPSA) is 54.0 Å². The first kappa shape index (κ1) is 20.5. The number of nitrogens with one attached hydrogen (secondary N) is 1. The van der Waals surface area contributed by atoms with Crippen LogP contribution < -0.4 is 14.8 Å². The quantitative estimate of drug-likeness (QED) is 0.803. The minimum absolute atomic E-state index is 0.0811. The Morgan fingerprint density at radius 2 is 1.65 bits per heavy atom. The third-order valence-electron chi connectivity index (χ3n) is 5.00. The van der Waals surface area contributed by atoms with E-state index < -0.39 is 0 Å². The van der Waals surface area contributed by atoms with Crippen LogP contribution in [0.25, 0.3) is 0 Å². The molecular weight excluding hydrogens is 330 g/mol. The molecule has 0 saturated carbocycles. The summed E-state index contributed by atoms with van der Waals surface area (Å²) in [6.45, 7) is 12.7. The van der Waals surface area contributed by atoms with Gasteiger partial charge in [0.2, 0.25) is 5.91 Å². The minimum Gasteiger partial charge on any atom is -0.493 e. The molecule has 1 heterocycles. The number of ether oxygens (including phenoxy) is 2. The van der Waals surface area contributed by atoms with E-state index in [1.807, 2.05) is 26.8 Å². The van der Waals surface area contributed by atoms with Crippen LogP contribution in [0.3, 0.4) is 0 Å². The second kappa shape index (κ2) is 9.24. The van der Waals surface area contributed by atoms with Gasteiger partial charge in [0, 0.05) is 38.8 Å². The second-order valence-electron chi connectivity index (χ2n) is 7.29. The zero-order chi connectivity index (χ0) is 19.3. The normalized spacial score (nSPS) is 17.2. The van der Waals surface area contributed by atoms with Gasteiger partial charge in [0.05, 0.1) is 20.3 Å². The van der Waals surface area contributed by atoms with Gasteiger partial charge in [-0.3, -0.25) is 14.6 Å². The molecule has 6 heteroatoms. The Labute approximate surface area is 157 Å². The minimum atomic E-state index is -0.0811. The van der Waals surface area contributed by atoms with Gasteiger partial charge in [0.15, 0.2) is 11.5 Å². The smallest absolute Gasteiger partial charge is 0.237 e. The number of carbonyl (C=O) groups excluding carboxylic acids is 1. The fourth-order valence-corrected chi connectivity index (χ4v) is 3.31. The Morgan fingerprint density at radius 3 is 2.19 bits per heavy atom. The molecule has 0 aliphatic carbocycles. The van der Waals surface area contributed by atoms with Crippen molar-refractivity contribution in [3.8, 4) is 11.5 Å². The fraction of sp³-hybridized carbons (Fsp3) is 0.650. The Balaban J connectivity index is 1.94. The van der Waals surface area contributed by atoms with Crippen LogP contribution >= 0.6 is 0 Å². The van der Waals surface area contributed by atoms with E-state index >= 15 is 0 Å². The van der Waals surface area contributed by atoms with E-state index in [-0.39, 0.29) is 18.0 Å². The summed E-state index contributed by atoms with van der Waals surface area (Å²) in [5.41, 5.74) is 2.46. The zero-order valence-corrected chi connectivity index (χ0v) is 17.0. The van der Waals surface area contributed by atoms with Crippen LogP contribution in [0.5, 0.6) is 11.5 Å². The first-order chi connectivity index (χ1) is 12.3. The highest BCUT2D eigenvalue weighted by Gasteiger charge is 2.26. The van der Waals surface area contributed by atoms with Crippen molar-refractivity contribution in [2.75, 3.05) is 40.4 Å². The van der Waals surface area contributed by atoms with Crippen molar-refractivity contribution < 1.29 is 14.3 Å². The van der Waals surface area contributed by atoms with Gasteiger partial charge < -0.3 is 14.8 Å². The summed E-state index contributed by atoms with van der Waals surface area (Å²) in [6, 6.07) is 4.20. The Morgan fingerprint density at radius 1 is 1.08 bits per heavy atom. The molecular formula is C20H33N3O3. The van der Waals surface area contributed by atoms with Crippen molar-refractivity contribution in [1.82, 2.24) is 15.1 Å². The molecule has 1 N–H and O–H groups in total. The molecule has 26 heavy (non-hydrogen) atoms. The number of hydrogen-bond donors (Lipinski definition) is 1. The maximum atomic E-state index is 12.2. The van der Waals surface area contributed by atoms with Crippen molar-refractivity contribution in [2.24, 2.45) is 0 Å². The summed E-state index contributed by atoms with van der Waals surface area (Å²) in [5.74, 6) is 1.65. The van der Waals surface area contributed by atoms with Gasteiger partial charge in [-0.05, 0) is 51.0 Å². The lowest BCUT2D eigenvalue weighted by Crippen LogP contribution is -2.54. The van der Waals surface area contributed by atoms with E-state index in [1.165, 1.54) is 11.1 Å². The molecule has 1 aromatic carbocycles. The molecule has 1 atom stereocenters. The lowest BCUT2D eigenvalue weighted by Gasteiger charge is -2.37. The van der Waals surface area contributed by atoms with Crippen LogP contribution in [0.1, 0.15) is 31.9 Å². The predicted molar refractivity (Wildman–Crippen MR) is 104 cm³/mol. The molecule has 0 unspecified atom stereocenters. The molecule has 1 amide bonds. The first-order valence-electron chi connectivity index (χ1n) is 9.34. The van der Waals surface area contributed by atoms with Crippen LogP contribution in [-0.2, 0) is 11.3 Å². The van der Waals surface area contributed by atoms with Gasteiger partial charge in [-0.25, -0.2) is 0 Å². The summed E-state index contributed by atoms with van der Waals surface area (Å²) in [5, 5.41) is 3.00. The fourth-order valence-electron chi connectivity index (χ4n) is 3.31. The average Bonchev–Trinajstić information content (AvgIpc) is 2.62. The number of rotatable bonds is 7. The van der Waals surface area contributed by atoms with Gasteiger partial charge in [-0.2, -0.15) is 0 Å². The molecule has 0 spiro atoms. The molecule has 6 nitrogen and oxygen atoms in total. The number of carbonyl (C=O) groups is 1. The number of methoxy groups -OCH3 is 2. The summed E-state index contributed by atoms with van der Waals surface area (Å²) in [4.78, 5) is 16.9. The third kappa shape index (κ3) is 5.11. The van der Waals surface area contributed by atoms with Crippen molar-refractivity contribution in [3.63, 3.8) is 0 Å². The Bertz CT molecular complexity index is 611. The largest absolute Gasteiger partial charge is 0.493 e. The number of nitrogens with zero attached hydrogens (tertiary/aromatic N) is 2. The van der Waals surface area contributed by atoms with Gasteiger partial charge in [-0.1, -0.05) is 0 Å². The van der Waals surface area contributed by atoms with Crippen molar-refractivity contribution in [3.05, 3.63) is 23.3 Å². The lowest BCUT2D eigenvalue weighted by atomic mass is 10.1. The van der Waals surface area contributed by atoms with E-state index in [9.17, 15) is 4.79 Å². The number of benzene rings is 1. The van der Waals surface area contributed by atoms with Gasteiger partial charge in [0.25, 0.3) is 0 Å². The standard InChI is InChI=1S/C20H33N3O3/c1-14(2)21-20(24)16(4)23-9-7-22(8-10-23)13-17-12-19(26-6)18(25-5)11-15(17)3/h11-12,14,16H,7-10,13H2,1-6H3,(H,21,24)/t16-/m1/s1. The summed E-state index contributed by atoms with van der Waals surface area (Å²) >= 11 is 0. The van der Waals surface area contributed by atoms with Gasteiger partial charge in [-0.15, -0.1) is 0 Å². The Hall–Kier alpha value is -1.79. The molecule has 0 bridgehead atoms. The molecule has 1 fully saturated rings. The monoisotopic (exact) mass is 363 g/mol. The third-order valence-corrected chi connectivity index (χ3v) is 5.00. The summed E-state index contributed by atoms with van der Waals surface area (Å²) in [6.07, 6.45) is 0. The molecule has 2 rings (SSSR count). The SMILES string of the molecule is COc1cc(C)c(CN2CCN([C@H](C)C(=O)NC(C)C)CC2)cc1OC. The summed E-state index contributed by atoms with van der Waals surface area (Å²) in [7, 11) is 3.33. The molecule has 1 aliphatic rings. The number of piperazine rings is 1. The van der Waals surface area contributed by atoms with Crippen LogP contribution in [0.15, 0.2) is 12.1 Å². The van der Waals surface area contributed by atoms with E-state index in [1.54, 1.807) is 14.2 Å². The predicted octanol–water partition coefficient (Wildman–Crippen LogP) is 2.04. The molecule has 0 radical (unpaired) electrons. The summed E-state index contributed by atoms with van der Waals surface area (Å²) < 4.78 is 10.8. The van der Waals surface area contributed by atoms with Crippen molar-refractivity contribution in [1.29, 1.82) is 0 Å². The second-order valence-corrected chi connectivity index (χ2v) is 7.29. The highest BCUT2D eigenvalue weighted by atomic mass is 16.5. The van der Waals surface area contributed by atoms with Gasteiger partial charge in [0.1, 0.15) is 0 Å². The molecule has 146 valence electrons. The average molecular weight is 364 g/mol. The van der Waals surface area contributed by atoms with Crippen LogP contribution in [0.2, 0.25) is 0 Å². The molecule has 1 saturated heterocycles. The van der Waals surface area contributed by atoms with E-state index in [4.69, 9.17) is 9.47 Å². The number of hydrogen-bond acceptors (Lipinski definition) is 5. The Kier molecular flexibility index (Phi) is 7.29. The molecule has 1 aromatic rings. The molecule has 1 aliphatic heterocycles. The zero-order valence-electron chi connectivity index (χ0n) is 17.0. The first-order valence-corrected chi connectivity index (χ1v) is 9.34. The van der Waals surface area contributed by atoms with Crippen molar-refractivity contribution in [2.45, 2.75) is 46.3 Å².